The molecule has 1 aromatic heterocycles. The highest BCUT2D eigenvalue weighted by Crippen LogP contribution is 2.29. The lowest BCUT2D eigenvalue weighted by molar-refractivity contribution is -0.136. The largest absolute Gasteiger partial charge is 0.441 e. The minimum absolute atomic E-state index is 0.0177. The molecule has 3 aromatic rings. The predicted molar refractivity (Wildman–Crippen MR) is 100 cm³/mol. The highest BCUT2D eigenvalue weighted by atomic mass is 32.2. The predicted octanol–water partition coefficient (Wildman–Crippen LogP) is 1.91. The molecular formula is C19H16N2O6S. The molecular weight excluding hydrogens is 384 g/mol. The zero-order chi connectivity index (χ0) is 20.2. The minimum Gasteiger partial charge on any atom is -0.441 e. The monoisotopic (exact) mass is 400 g/mol. The van der Waals surface area contributed by atoms with Gasteiger partial charge in [-0.05, 0) is 23.3 Å². The number of furan rings is 1. The maximum absolute atomic E-state index is 12.8. The van der Waals surface area contributed by atoms with E-state index in [1.165, 1.54) is 6.07 Å². The summed E-state index contributed by atoms with van der Waals surface area (Å²) in [5, 5.41) is 14.3. The van der Waals surface area contributed by atoms with E-state index in [1.54, 1.807) is 60.7 Å². The fraction of sp³-hybridized carbons (Fsp3) is 0.0526. The van der Waals surface area contributed by atoms with E-state index in [-0.39, 0.29) is 5.76 Å². The van der Waals surface area contributed by atoms with Crippen molar-refractivity contribution in [2.24, 2.45) is 5.10 Å². The number of carbonyl (C=O) groups is 1. The van der Waals surface area contributed by atoms with Gasteiger partial charge >= 0.3 is 10.1 Å². The summed E-state index contributed by atoms with van der Waals surface area (Å²) in [6.07, 6.45) is 1.04. The van der Waals surface area contributed by atoms with Crippen molar-refractivity contribution < 1.29 is 27.3 Å². The second kappa shape index (κ2) is 7.77. The molecule has 0 fully saturated rings. The van der Waals surface area contributed by atoms with Crippen LogP contribution < -0.4 is 5.43 Å². The first kappa shape index (κ1) is 19.5. The molecule has 144 valence electrons. The highest BCUT2D eigenvalue weighted by molar-refractivity contribution is 7.85. The molecule has 3 rings (SSSR count). The molecule has 8 nitrogen and oxygen atoms in total. The maximum Gasteiger partial charge on any atom is 0.328 e. The van der Waals surface area contributed by atoms with Gasteiger partial charge < -0.3 is 9.52 Å². The summed E-state index contributed by atoms with van der Waals surface area (Å²) in [7, 11) is -4.47. The Bertz CT molecular complexity index is 1050. The standard InChI is InChI=1S/C19H16N2O6S/c22-18(21-20-13-16-11-12-17(27-16)28(24,25)26)19(23,14-7-3-1-4-8-14)15-9-5-2-6-10-15/h1-13,23H,(H,21,22)(H,24,25,26). The maximum atomic E-state index is 12.8. The van der Waals surface area contributed by atoms with Crippen molar-refractivity contribution in [3.8, 4) is 0 Å². The first-order chi connectivity index (χ1) is 13.3. The van der Waals surface area contributed by atoms with Crippen molar-refractivity contribution in [3.63, 3.8) is 0 Å². The second-order valence-corrected chi connectivity index (χ2v) is 7.13. The Morgan fingerprint density at radius 1 is 0.964 bits per heavy atom. The molecule has 3 N–H and O–H groups in total. The molecule has 9 heteroatoms. The van der Waals surface area contributed by atoms with Crippen LogP contribution in [0.1, 0.15) is 16.9 Å². The van der Waals surface area contributed by atoms with Gasteiger partial charge in [0.25, 0.3) is 5.91 Å². The van der Waals surface area contributed by atoms with Gasteiger partial charge in [-0.2, -0.15) is 13.5 Å². The number of hydrazone groups is 1. The summed E-state index contributed by atoms with van der Waals surface area (Å²) in [6, 6.07) is 19.0. The van der Waals surface area contributed by atoms with Gasteiger partial charge in [-0.15, -0.1) is 0 Å². The zero-order valence-electron chi connectivity index (χ0n) is 14.4. The van der Waals surface area contributed by atoms with Crippen LogP contribution in [0.3, 0.4) is 0 Å². The van der Waals surface area contributed by atoms with Gasteiger partial charge in [0.2, 0.25) is 5.09 Å². The number of benzene rings is 2. The van der Waals surface area contributed by atoms with E-state index in [4.69, 9.17) is 8.97 Å². The van der Waals surface area contributed by atoms with Crippen LogP contribution in [0, 0.1) is 0 Å². The molecule has 1 amide bonds. The Balaban J connectivity index is 1.86. The Hall–Kier alpha value is -3.27. The number of aliphatic hydroxyl groups is 1. The summed E-state index contributed by atoms with van der Waals surface area (Å²) >= 11 is 0. The Morgan fingerprint density at radius 2 is 1.50 bits per heavy atom. The first-order valence-corrected chi connectivity index (χ1v) is 9.50. The number of carbonyl (C=O) groups excluding carboxylic acids is 1. The SMILES string of the molecule is O=C(NN=Cc1ccc(S(=O)(=O)O)o1)C(O)(c1ccccc1)c1ccccc1. The normalized spacial score (nSPS) is 12.2. The van der Waals surface area contributed by atoms with Crippen LogP contribution in [0.4, 0.5) is 0 Å². The van der Waals surface area contributed by atoms with Crippen LogP contribution in [0.2, 0.25) is 0 Å². The van der Waals surface area contributed by atoms with Gasteiger partial charge in [-0.1, -0.05) is 60.7 Å². The van der Waals surface area contributed by atoms with Crippen molar-refractivity contribution in [2.45, 2.75) is 10.7 Å². The molecule has 0 radical (unpaired) electrons. The van der Waals surface area contributed by atoms with Crippen molar-refractivity contribution in [3.05, 3.63) is 89.7 Å². The number of hydrogen-bond donors (Lipinski definition) is 3. The lowest BCUT2D eigenvalue weighted by Crippen LogP contribution is -2.43. The minimum atomic E-state index is -4.47. The van der Waals surface area contributed by atoms with Crippen molar-refractivity contribution in [1.82, 2.24) is 5.43 Å². The van der Waals surface area contributed by atoms with E-state index in [9.17, 15) is 18.3 Å². The van der Waals surface area contributed by atoms with E-state index in [1.807, 2.05) is 0 Å². The third-order valence-corrected chi connectivity index (χ3v) is 4.65. The first-order valence-electron chi connectivity index (χ1n) is 8.06. The average Bonchev–Trinajstić information content (AvgIpc) is 3.18. The molecule has 0 saturated heterocycles. The van der Waals surface area contributed by atoms with E-state index < -0.39 is 26.7 Å². The van der Waals surface area contributed by atoms with Gasteiger partial charge in [0.05, 0.1) is 6.21 Å². The third kappa shape index (κ3) is 4.01. The van der Waals surface area contributed by atoms with E-state index in [2.05, 4.69) is 10.5 Å². The number of nitrogens with one attached hydrogen (secondary N) is 1. The van der Waals surface area contributed by atoms with Gasteiger partial charge in [0.1, 0.15) is 5.76 Å². The quantitative estimate of drug-likeness (QED) is 0.329. The molecule has 0 aliphatic carbocycles. The summed E-state index contributed by atoms with van der Waals surface area (Å²) in [6.45, 7) is 0. The van der Waals surface area contributed by atoms with Crippen LogP contribution in [-0.4, -0.2) is 30.2 Å². The van der Waals surface area contributed by atoms with Crippen LogP contribution in [0.25, 0.3) is 0 Å². The fourth-order valence-corrected chi connectivity index (χ4v) is 3.01. The Morgan fingerprint density at radius 3 is 1.96 bits per heavy atom. The number of amides is 1. The van der Waals surface area contributed by atoms with Gasteiger partial charge in [0, 0.05) is 0 Å². The highest BCUT2D eigenvalue weighted by Gasteiger charge is 2.39. The smallest absolute Gasteiger partial charge is 0.328 e. The van der Waals surface area contributed by atoms with E-state index >= 15 is 0 Å². The van der Waals surface area contributed by atoms with Gasteiger partial charge in [-0.3, -0.25) is 9.35 Å². The number of nitrogens with zero attached hydrogens (tertiary/aromatic N) is 1. The Labute approximate surface area is 160 Å². The molecule has 1 heterocycles. The van der Waals surface area contributed by atoms with Crippen LogP contribution >= 0.6 is 0 Å². The summed E-state index contributed by atoms with van der Waals surface area (Å²) in [4.78, 5) is 12.8. The van der Waals surface area contributed by atoms with Crippen LogP contribution in [0.5, 0.6) is 0 Å². The summed E-state index contributed by atoms with van der Waals surface area (Å²) in [5.74, 6) is -0.835. The number of hydrogen-bond acceptors (Lipinski definition) is 6. The molecule has 0 aliphatic heterocycles. The fourth-order valence-electron chi connectivity index (χ4n) is 2.57. The van der Waals surface area contributed by atoms with Crippen molar-refractivity contribution >= 4 is 22.2 Å². The van der Waals surface area contributed by atoms with Crippen LogP contribution in [-0.2, 0) is 20.5 Å². The van der Waals surface area contributed by atoms with Crippen molar-refractivity contribution in [2.75, 3.05) is 0 Å². The molecule has 0 spiro atoms. The molecule has 0 bridgehead atoms. The third-order valence-electron chi connectivity index (χ3n) is 3.93. The van der Waals surface area contributed by atoms with E-state index in [0.29, 0.717) is 11.1 Å². The molecule has 0 saturated carbocycles. The van der Waals surface area contributed by atoms with Crippen LogP contribution in [0.15, 0.2) is 87.4 Å². The average molecular weight is 400 g/mol. The molecule has 0 unspecified atom stereocenters. The lowest BCUT2D eigenvalue weighted by atomic mass is 9.85. The molecule has 0 aliphatic rings. The lowest BCUT2D eigenvalue weighted by Gasteiger charge is -2.26. The number of rotatable bonds is 6. The second-order valence-electron chi connectivity index (χ2n) is 5.77. The zero-order valence-corrected chi connectivity index (χ0v) is 15.2. The van der Waals surface area contributed by atoms with Gasteiger partial charge in [-0.25, -0.2) is 5.43 Å². The summed E-state index contributed by atoms with van der Waals surface area (Å²) < 4.78 is 35.8. The van der Waals surface area contributed by atoms with Crippen molar-refractivity contribution in [1.29, 1.82) is 0 Å². The van der Waals surface area contributed by atoms with Gasteiger partial charge in [0.15, 0.2) is 5.60 Å². The van der Waals surface area contributed by atoms with E-state index in [0.717, 1.165) is 12.3 Å². The Kier molecular flexibility index (Phi) is 5.41. The topological polar surface area (TPSA) is 129 Å². The molecule has 28 heavy (non-hydrogen) atoms. The molecule has 0 atom stereocenters. The molecule has 2 aromatic carbocycles. The summed E-state index contributed by atoms with van der Waals surface area (Å²) in [5.41, 5.74) is 0.923.